The Bertz CT molecular complexity index is 404. The lowest BCUT2D eigenvalue weighted by molar-refractivity contribution is 0.0823. The van der Waals surface area contributed by atoms with E-state index in [0.717, 1.165) is 12.1 Å². The molecule has 0 bridgehead atoms. The van der Waals surface area contributed by atoms with E-state index in [1.165, 1.54) is 6.07 Å². The minimum atomic E-state index is -0.970. The lowest BCUT2D eigenvalue weighted by atomic mass is 10.00. The van der Waals surface area contributed by atoms with Crippen molar-refractivity contribution in [1.29, 1.82) is 0 Å². The van der Waals surface area contributed by atoms with E-state index in [2.05, 4.69) is 5.32 Å². The van der Waals surface area contributed by atoms with Gasteiger partial charge in [-0.15, -0.1) is 0 Å². The maximum Gasteiger partial charge on any atom is 0.159 e. The zero-order valence-electron chi connectivity index (χ0n) is 11.5. The van der Waals surface area contributed by atoms with E-state index in [-0.39, 0.29) is 19.3 Å². The molecule has 20 heavy (non-hydrogen) atoms. The molecule has 0 heterocycles. The molecule has 114 valence electrons. The first-order valence-electron chi connectivity index (χ1n) is 6.65. The standard InChI is InChI=1S/C14H21F2NO3/c1-2-13(17-5-7-20-8-6-18)14(19)10-3-4-11(15)12(16)9-10/h3-4,9,13-14,17-19H,2,5-8H2,1H3. The van der Waals surface area contributed by atoms with E-state index in [0.29, 0.717) is 25.1 Å². The third-order valence-corrected chi connectivity index (χ3v) is 2.99. The third kappa shape index (κ3) is 5.13. The summed E-state index contributed by atoms with van der Waals surface area (Å²) in [4.78, 5) is 0. The first-order chi connectivity index (χ1) is 9.60. The molecule has 0 saturated heterocycles. The van der Waals surface area contributed by atoms with E-state index >= 15 is 0 Å². The number of nitrogens with one attached hydrogen (secondary N) is 1. The highest BCUT2D eigenvalue weighted by molar-refractivity contribution is 5.21. The molecule has 6 heteroatoms. The summed E-state index contributed by atoms with van der Waals surface area (Å²) in [6, 6.07) is 3.10. The maximum atomic E-state index is 13.1. The van der Waals surface area contributed by atoms with E-state index < -0.39 is 17.7 Å². The molecule has 3 N–H and O–H groups in total. The molecule has 2 unspecified atom stereocenters. The Morgan fingerprint density at radius 2 is 2.00 bits per heavy atom. The van der Waals surface area contributed by atoms with Gasteiger partial charge >= 0.3 is 0 Å². The van der Waals surface area contributed by atoms with E-state index in [4.69, 9.17) is 9.84 Å². The van der Waals surface area contributed by atoms with Crippen molar-refractivity contribution in [1.82, 2.24) is 5.32 Å². The number of ether oxygens (including phenoxy) is 1. The van der Waals surface area contributed by atoms with Crippen LogP contribution in [0.2, 0.25) is 0 Å². The van der Waals surface area contributed by atoms with E-state index in [1.807, 2.05) is 6.92 Å². The van der Waals surface area contributed by atoms with Crippen molar-refractivity contribution in [3.05, 3.63) is 35.4 Å². The van der Waals surface area contributed by atoms with Gasteiger partial charge in [-0.3, -0.25) is 0 Å². The normalized spacial score (nSPS) is 14.2. The summed E-state index contributed by atoms with van der Waals surface area (Å²) >= 11 is 0. The van der Waals surface area contributed by atoms with Gasteiger partial charge in [0.2, 0.25) is 0 Å². The summed E-state index contributed by atoms with van der Waals surface area (Å²) in [6.07, 6.45) is -0.298. The average Bonchev–Trinajstić information content (AvgIpc) is 2.45. The van der Waals surface area contributed by atoms with Crippen LogP contribution in [0.1, 0.15) is 25.0 Å². The van der Waals surface area contributed by atoms with Crippen molar-refractivity contribution in [2.45, 2.75) is 25.5 Å². The zero-order valence-corrected chi connectivity index (χ0v) is 11.5. The molecule has 0 aliphatic rings. The monoisotopic (exact) mass is 289 g/mol. The van der Waals surface area contributed by atoms with Gasteiger partial charge in [-0.1, -0.05) is 13.0 Å². The van der Waals surface area contributed by atoms with Crippen molar-refractivity contribution in [2.75, 3.05) is 26.4 Å². The first kappa shape index (κ1) is 17.0. The van der Waals surface area contributed by atoms with Gasteiger partial charge in [0.1, 0.15) is 0 Å². The van der Waals surface area contributed by atoms with Crippen LogP contribution < -0.4 is 5.32 Å². The summed E-state index contributed by atoms with van der Waals surface area (Å²) in [6.45, 7) is 3.02. The minimum absolute atomic E-state index is 0.0330. The van der Waals surface area contributed by atoms with E-state index in [1.54, 1.807) is 0 Å². The van der Waals surface area contributed by atoms with Crippen LogP contribution in [-0.2, 0) is 4.74 Å². The SMILES string of the molecule is CCC(NCCOCCO)C(O)c1ccc(F)c(F)c1. The molecule has 2 atom stereocenters. The van der Waals surface area contributed by atoms with Gasteiger partial charge < -0.3 is 20.3 Å². The van der Waals surface area contributed by atoms with Gasteiger partial charge in [0.25, 0.3) is 0 Å². The number of hydrogen-bond acceptors (Lipinski definition) is 4. The highest BCUT2D eigenvalue weighted by Gasteiger charge is 2.19. The van der Waals surface area contributed by atoms with Gasteiger partial charge in [-0.05, 0) is 24.1 Å². The van der Waals surface area contributed by atoms with Crippen LogP contribution in [0.5, 0.6) is 0 Å². The van der Waals surface area contributed by atoms with Crippen LogP contribution in [0.25, 0.3) is 0 Å². The van der Waals surface area contributed by atoms with Crippen LogP contribution in [0.15, 0.2) is 18.2 Å². The highest BCUT2D eigenvalue weighted by atomic mass is 19.2. The van der Waals surface area contributed by atoms with Crippen LogP contribution in [-0.4, -0.2) is 42.6 Å². The van der Waals surface area contributed by atoms with Crippen LogP contribution in [0.3, 0.4) is 0 Å². The molecule has 1 rings (SSSR count). The Balaban J connectivity index is 2.52. The maximum absolute atomic E-state index is 13.1. The summed E-state index contributed by atoms with van der Waals surface area (Å²) in [7, 11) is 0. The zero-order chi connectivity index (χ0) is 15.0. The molecule has 0 aromatic heterocycles. The molecular weight excluding hydrogens is 268 g/mol. The van der Waals surface area contributed by atoms with Crippen molar-refractivity contribution < 1.29 is 23.7 Å². The van der Waals surface area contributed by atoms with Crippen LogP contribution >= 0.6 is 0 Å². The summed E-state index contributed by atoms with van der Waals surface area (Å²) < 4.78 is 31.1. The minimum Gasteiger partial charge on any atom is -0.394 e. The molecule has 0 aliphatic carbocycles. The topological polar surface area (TPSA) is 61.7 Å². The van der Waals surface area contributed by atoms with Crippen LogP contribution in [0, 0.1) is 11.6 Å². The molecule has 0 amide bonds. The molecule has 0 spiro atoms. The second-order valence-corrected chi connectivity index (χ2v) is 4.42. The predicted octanol–water partition coefficient (Wildman–Crippen LogP) is 1.38. The Kier molecular flexibility index (Phi) is 7.61. The number of aliphatic hydroxyl groups excluding tert-OH is 2. The molecule has 1 aromatic carbocycles. The predicted molar refractivity (Wildman–Crippen MR) is 71.3 cm³/mol. The number of halogens is 2. The molecule has 0 radical (unpaired) electrons. The van der Waals surface area contributed by atoms with Crippen molar-refractivity contribution in [3.8, 4) is 0 Å². The largest absolute Gasteiger partial charge is 0.394 e. The number of benzene rings is 1. The second kappa shape index (κ2) is 8.97. The Labute approximate surface area is 117 Å². The highest BCUT2D eigenvalue weighted by Crippen LogP contribution is 2.20. The van der Waals surface area contributed by atoms with Gasteiger partial charge in [0.05, 0.1) is 25.9 Å². The Morgan fingerprint density at radius 1 is 1.25 bits per heavy atom. The van der Waals surface area contributed by atoms with Crippen molar-refractivity contribution in [2.24, 2.45) is 0 Å². The number of hydrogen-bond donors (Lipinski definition) is 3. The molecule has 0 aliphatic heterocycles. The quantitative estimate of drug-likeness (QED) is 0.601. The van der Waals surface area contributed by atoms with Gasteiger partial charge in [0.15, 0.2) is 11.6 Å². The fourth-order valence-electron chi connectivity index (χ4n) is 1.89. The van der Waals surface area contributed by atoms with Crippen molar-refractivity contribution >= 4 is 0 Å². The molecule has 0 fully saturated rings. The molecule has 1 aromatic rings. The van der Waals surface area contributed by atoms with E-state index in [9.17, 15) is 13.9 Å². The lowest BCUT2D eigenvalue weighted by Crippen LogP contribution is -2.36. The summed E-state index contributed by atoms with van der Waals surface area (Å²) in [5.74, 6) is -1.90. The Morgan fingerprint density at radius 3 is 2.60 bits per heavy atom. The lowest BCUT2D eigenvalue weighted by Gasteiger charge is -2.23. The number of aliphatic hydroxyl groups is 2. The fourth-order valence-corrected chi connectivity index (χ4v) is 1.89. The smallest absolute Gasteiger partial charge is 0.159 e. The fraction of sp³-hybridized carbons (Fsp3) is 0.571. The van der Waals surface area contributed by atoms with Gasteiger partial charge in [0, 0.05) is 12.6 Å². The molecular formula is C14H21F2NO3. The first-order valence-corrected chi connectivity index (χ1v) is 6.65. The van der Waals surface area contributed by atoms with Crippen molar-refractivity contribution in [3.63, 3.8) is 0 Å². The Hall–Kier alpha value is -1.08. The summed E-state index contributed by atoms with van der Waals surface area (Å²) in [5, 5.41) is 21.8. The van der Waals surface area contributed by atoms with Gasteiger partial charge in [-0.25, -0.2) is 8.78 Å². The number of rotatable bonds is 9. The summed E-state index contributed by atoms with van der Waals surface area (Å²) in [5.41, 5.74) is 0.333. The molecule has 4 nitrogen and oxygen atoms in total. The third-order valence-electron chi connectivity index (χ3n) is 2.99. The second-order valence-electron chi connectivity index (χ2n) is 4.42. The average molecular weight is 289 g/mol. The molecule has 0 saturated carbocycles. The van der Waals surface area contributed by atoms with Crippen LogP contribution in [0.4, 0.5) is 8.78 Å². The van der Waals surface area contributed by atoms with Gasteiger partial charge in [-0.2, -0.15) is 0 Å².